The van der Waals surface area contributed by atoms with Gasteiger partial charge >= 0.3 is 0 Å². The molecule has 1 aliphatic heterocycles. The summed E-state index contributed by atoms with van der Waals surface area (Å²) in [6.45, 7) is 11.4. The van der Waals surface area contributed by atoms with Crippen LogP contribution >= 0.6 is 0 Å². The highest BCUT2D eigenvalue weighted by atomic mass is 32.2. The Kier molecular flexibility index (Phi) is 13.6. The molecule has 14 heteroatoms. The lowest BCUT2D eigenvalue weighted by atomic mass is 9.95. The molecule has 5 N–H and O–H groups in total. The summed E-state index contributed by atoms with van der Waals surface area (Å²) in [4.78, 5) is 22.5. The number of nitrogens with one attached hydrogen (secondary N) is 3. The molecule has 0 spiro atoms. The second-order valence-electron chi connectivity index (χ2n) is 12.0. The number of nitrogens with zero attached hydrogens (tertiary/aromatic N) is 6. The van der Waals surface area contributed by atoms with Gasteiger partial charge in [0.2, 0.25) is 5.95 Å². The van der Waals surface area contributed by atoms with Crippen molar-refractivity contribution in [3.05, 3.63) is 75.8 Å². The van der Waals surface area contributed by atoms with Gasteiger partial charge in [-0.25, -0.2) is 13.4 Å². The molecule has 3 heterocycles. The highest BCUT2D eigenvalue weighted by Crippen LogP contribution is 2.32. The molecule has 0 bridgehead atoms. The summed E-state index contributed by atoms with van der Waals surface area (Å²) in [6, 6.07) is 4.70. The molecular formula is C35H50N10O3S. The molecule has 0 amide bonds. The molecule has 0 radical (unpaired) electrons. The smallest absolute Gasteiger partial charge is 0.229 e. The van der Waals surface area contributed by atoms with Crippen molar-refractivity contribution in [2.24, 2.45) is 5.73 Å². The van der Waals surface area contributed by atoms with Crippen molar-refractivity contribution < 1.29 is 13.2 Å². The van der Waals surface area contributed by atoms with Crippen molar-refractivity contribution >= 4 is 45.6 Å². The Morgan fingerprint density at radius 3 is 2.47 bits per heavy atom. The summed E-state index contributed by atoms with van der Waals surface area (Å²) < 4.78 is 31.4. The van der Waals surface area contributed by atoms with Crippen molar-refractivity contribution in [1.29, 1.82) is 0 Å². The van der Waals surface area contributed by atoms with Crippen molar-refractivity contribution in [2.75, 3.05) is 70.8 Å². The van der Waals surface area contributed by atoms with Crippen LogP contribution < -0.4 is 37.1 Å². The lowest BCUT2D eigenvalue weighted by Crippen LogP contribution is -2.49. The number of allylic oxidation sites excluding steroid dienone is 1. The summed E-state index contributed by atoms with van der Waals surface area (Å²) in [5.41, 5.74) is 9.36. The van der Waals surface area contributed by atoms with E-state index in [1.54, 1.807) is 19.4 Å². The normalized spacial score (nSPS) is 16.1. The van der Waals surface area contributed by atoms with E-state index in [4.69, 9.17) is 10.5 Å². The number of sulfone groups is 1. The molecule has 1 fully saturated rings. The third-order valence-electron chi connectivity index (χ3n) is 8.66. The van der Waals surface area contributed by atoms with Crippen LogP contribution in [0.5, 0.6) is 5.75 Å². The van der Waals surface area contributed by atoms with Gasteiger partial charge in [-0.15, -0.1) is 0 Å². The van der Waals surface area contributed by atoms with Crippen molar-refractivity contribution in [1.82, 2.24) is 35.1 Å². The average molecular weight is 691 g/mol. The van der Waals surface area contributed by atoms with Gasteiger partial charge in [-0.05, 0) is 81.7 Å². The number of anilines is 3. The fraction of sp³-hybridized carbons (Fsp3) is 0.429. The largest absolute Gasteiger partial charge is 0.495 e. The SMILES string of the molecule is C=Cc1cnc(Nc2cc(CC)c(CCC(CCNC)N3CCN(C)CC3)cc2OC)nc1N\C(=C/C=c1/nccn/c1=C\N)S(C)(=O)=O. The maximum absolute atomic E-state index is 12.8. The number of hydrogen-bond acceptors (Lipinski definition) is 13. The van der Waals surface area contributed by atoms with Gasteiger partial charge < -0.3 is 31.3 Å². The third-order valence-corrected chi connectivity index (χ3v) is 9.70. The second-order valence-corrected chi connectivity index (χ2v) is 14.0. The molecule has 264 valence electrons. The van der Waals surface area contributed by atoms with Crippen molar-refractivity contribution in [2.45, 2.75) is 38.6 Å². The second kappa shape index (κ2) is 17.9. The van der Waals surface area contributed by atoms with Gasteiger partial charge in [0.1, 0.15) is 21.9 Å². The standard InChI is InChI=1S/C35H50N10O3S/c1-7-25-21-30(32(48-5)22-27(25)9-10-28(13-14-37-3)45-19-17-44(4)18-20-45)41-35-40-24-26(8-2)34(43-35)42-33(49(6,46)47)12-11-29-31(23-36)39-16-15-38-29/h8,11-12,15-16,21-24,28,37H,2,7,9-10,13-14,17-20,36H2,1,3-6H3,(H2,40,41,42,43)/b29-11+,31-23-,33-12+. The molecule has 1 saturated heterocycles. The van der Waals surface area contributed by atoms with Crippen LogP contribution in [0, 0.1) is 0 Å². The Morgan fingerprint density at radius 1 is 1.10 bits per heavy atom. The highest BCUT2D eigenvalue weighted by Gasteiger charge is 2.23. The molecule has 1 aliphatic rings. The van der Waals surface area contributed by atoms with Crippen LogP contribution in [0.15, 0.2) is 48.4 Å². The van der Waals surface area contributed by atoms with Gasteiger partial charge in [-0.1, -0.05) is 19.6 Å². The molecule has 1 atom stereocenters. The monoisotopic (exact) mass is 690 g/mol. The number of rotatable bonds is 16. The van der Waals surface area contributed by atoms with Crippen LogP contribution in [0.1, 0.15) is 36.5 Å². The first-order valence-corrected chi connectivity index (χ1v) is 18.4. The van der Waals surface area contributed by atoms with Crippen molar-refractivity contribution in [3.8, 4) is 5.75 Å². The van der Waals surface area contributed by atoms with Gasteiger partial charge in [0, 0.05) is 68.8 Å². The van der Waals surface area contributed by atoms with Crippen LogP contribution in [0.4, 0.5) is 17.5 Å². The maximum atomic E-state index is 12.8. The minimum absolute atomic E-state index is 0.103. The Hall–Kier alpha value is -4.37. The predicted octanol–water partition coefficient (Wildman–Crippen LogP) is 1.86. The average Bonchev–Trinajstić information content (AvgIpc) is 3.10. The number of ether oxygens (including phenoxy) is 1. The first-order chi connectivity index (χ1) is 23.6. The Morgan fingerprint density at radius 2 is 1.84 bits per heavy atom. The molecule has 4 rings (SSSR count). The van der Waals surface area contributed by atoms with Crippen LogP contribution in [0.3, 0.4) is 0 Å². The quantitative estimate of drug-likeness (QED) is 0.172. The summed E-state index contributed by atoms with van der Waals surface area (Å²) in [6.07, 6.45) is 15.4. The van der Waals surface area contributed by atoms with E-state index in [9.17, 15) is 8.42 Å². The van der Waals surface area contributed by atoms with Crippen molar-refractivity contribution in [3.63, 3.8) is 0 Å². The molecule has 13 nitrogen and oxygen atoms in total. The zero-order valence-electron chi connectivity index (χ0n) is 29.2. The van der Waals surface area contributed by atoms with Gasteiger partial charge in [-0.2, -0.15) is 4.98 Å². The molecule has 1 aromatic carbocycles. The van der Waals surface area contributed by atoms with E-state index in [1.807, 2.05) is 7.05 Å². The van der Waals surface area contributed by atoms with E-state index in [0.29, 0.717) is 33.7 Å². The van der Waals surface area contributed by atoms with E-state index >= 15 is 0 Å². The molecule has 0 aliphatic carbocycles. The lowest BCUT2D eigenvalue weighted by molar-refractivity contribution is 0.102. The number of methoxy groups -OCH3 is 1. The fourth-order valence-electron chi connectivity index (χ4n) is 5.79. The van der Waals surface area contributed by atoms with E-state index in [0.717, 1.165) is 64.7 Å². The maximum Gasteiger partial charge on any atom is 0.229 e. The first kappa shape index (κ1) is 37.4. The van der Waals surface area contributed by atoms with Crippen LogP contribution in [-0.2, 0) is 22.7 Å². The molecule has 1 unspecified atom stereocenters. The number of piperazine rings is 1. The number of hydrogen-bond donors (Lipinski definition) is 4. The number of benzene rings is 1. The van der Waals surface area contributed by atoms with Gasteiger partial charge in [0.05, 0.1) is 18.1 Å². The Labute approximate surface area is 290 Å². The summed E-state index contributed by atoms with van der Waals surface area (Å²) in [5.74, 6) is 1.19. The molecule has 49 heavy (non-hydrogen) atoms. The lowest BCUT2D eigenvalue weighted by Gasteiger charge is -2.38. The first-order valence-electron chi connectivity index (χ1n) is 16.5. The predicted molar refractivity (Wildman–Crippen MR) is 198 cm³/mol. The number of nitrogens with two attached hydrogens (primary N) is 1. The highest BCUT2D eigenvalue weighted by molar-refractivity contribution is 7.94. The molecular weight excluding hydrogens is 641 g/mol. The third kappa shape index (κ3) is 10.3. The zero-order chi connectivity index (χ0) is 35.4. The summed E-state index contributed by atoms with van der Waals surface area (Å²) in [5, 5.41) is 10.3. The number of aryl methyl sites for hydroxylation is 2. The van der Waals surface area contributed by atoms with Gasteiger partial charge in [0.25, 0.3) is 0 Å². The van der Waals surface area contributed by atoms with Crippen LogP contribution in [0.2, 0.25) is 0 Å². The molecule has 2 aromatic heterocycles. The Balaban J connectivity index is 1.60. The minimum Gasteiger partial charge on any atom is -0.495 e. The van der Waals surface area contributed by atoms with Crippen LogP contribution in [-0.4, -0.2) is 104 Å². The fourth-order valence-corrected chi connectivity index (χ4v) is 6.39. The van der Waals surface area contributed by atoms with E-state index < -0.39 is 9.84 Å². The Bertz CT molecular complexity index is 1840. The zero-order valence-corrected chi connectivity index (χ0v) is 30.1. The van der Waals surface area contributed by atoms with E-state index in [-0.39, 0.29) is 16.8 Å². The van der Waals surface area contributed by atoms with Gasteiger partial charge in [-0.3, -0.25) is 14.9 Å². The number of likely N-dealkylation sites (N-methyl/N-ethyl adjacent to an activating group) is 1. The van der Waals surface area contributed by atoms with Crippen LogP contribution in [0.25, 0.3) is 18.4 Å². The summed E-state index contributed by atoms with van der Waals surface area (Å²) in [7, 11) is 2.13. The topological polar surface area (TPSA) is 164 Å². The number of aromatic nitrogens is 4. The summed E-state index contributed by atoms with van der Waals surface area (Å²) >= 11 is 0. The minimum atomic E-state index is -3.72. The molecule has 3 aromatic rings. The van der Waals surface area contributed by atoms with E-state index in [1.165, 1.54) is 41.9 Å². The molecule has 0 saturated carbocycles. The van der Waals surface area contributed by atoms with E-state index in [2.05, 4.69) is 78.4 Å². The van der Waals surface area contributed by atoms with Gasteiger partial charge in [0.15, 0.2) is 9.84 Å².